The van der Waals surface area contributed by atoms with Crippen LogP contribution in [-0.4, -0.2) is 73.7 Å². The molecule has 0 unspecified atom stereocenters. The molecule has 26 heavy (non-hydrogen) atoms. The van der Waals surface area contributed by atoms with Crippen molar-refractivity contribution in [3.05, 3.63) is 11.7 Å². The van der Waals surface area contributed by atoms with E-state index in [2.05, 4.69) is 10.1 Å². The summed E-state index contributed by atoms with van der Waals surface area (Å²) in [4.78, 5) is 18.7. The summed E-state index contributed by atoms with van der Waals surface area (Å²) < 4.78 is 22.3. The lowest BCUT2D eigenvalue weighted by molar-refractivity contribution is -0.130. The number of carbonyl (C=O) groups is 1. The number of nitrogens with zero attached hydrogens (tertiary/aromatic N) is 3. The topological polar surface area (TPSA) is 86.9 Å². The van der Waals surface area contributed by atoms with Crippen LogP contribution in [0.5, 0.6) is 0 Å². The van der Waals surface area contributed by atoms with Gasteiger partial charge in [0.2, 0.25) is 11.8 Å². The molecule has 3 fully saturated rings. The Hall–Kier alpha value is -1.51. The van der Waals surface area contributed by atoms with E-state index in [1.165, 1.54) is 0 Å². The summed E-state index contributed by atoms with van der Waals surface area (Å²) in [7, 11) is 0. The summed E-state index contributed by atoms with van der Waals surface area (Å²) in [6.45, 7) is 7.60. The minimum Gasteiger partial charge on any atom is -0.381 e. The minimum atomic E-state index is -0.0778. The van der Waals surface area contributed by atoms with E-state index in [0.29, 0.717) is 56.5 Å². The van der Waals surface area contributed by atoms with Crippen LogP contribution in [0.1, 0.15) is 24.6 Å². The van der Waals surface area contributed by atoms with Crippen LogP contribution in [0.3, 0.4) is 0 Å². The zero-order valence-corrected chi connectivity index (χ0v) is 15.3. The van der Waals surface area contributed by atoms with Gasteiger partial charge < -0.3 is 23.6 Å². The number of likely N-dealkylation sites (tertiary alicyclic amines) is 1. The number of hydrogen-bond donors (Lipinski definition) is 0. The Balaban J connectivity index is 1.31. The first-order valence-corrected chi connectivity index (χ1v) is 9.45. The molecule has 1 amide bonds. The number of rotatable bonds is 6. The largest absolute Gasteiger partial charge is 0.381 e. The van der Waals surface area contributed by atoms with Gasteiger partial charge in [0.05, 0.1) is 19.8 Å². The molecular weight excluding hydrogens is 338 g/mol. The van der Waals surface area contributed by atoms with E-state index in [4.69, 9.17) is 18.7 Å². The molecule has 3 saturated heterocycles. The maximum atomic E-state index is 12.6. The zero-order valence-electron chi connectivity index (χ0n) is 15.3. The molecule has 0 saturated carbocycles. The number of aryl methyl sites for hydroxylation is 1. The van der Waals surface area contributed by atoms with Crippen LogP contribution in [0.4, 0.5) is 0 Å². The number of ether oxygens (including phenoxy) is 3. The van der Waals surface area contributed by atoms with Gasteiger partial charge >= 0.3 is 0 Å². The van der Waals surface area contributed by atoms with Gasteiger partial charge in [0.1, 0.15) is 6.42 Å². The fourth-order valence-corrected chi connectivity index (χ4v) is 4.22. The van der Waals surface area contributed by atoms with E-state index >= 15 is 0 Å². The molecule has 0 aliphatic carbocycles. The lowest BCUT2D eigenvalue weighted by atomic mass is 9.82. The van der Waals surface area contributed by atoms with Gasteiger partial charge in [-0.15, -0.1) is 0 Å². The van der Waals surface area contributed by atoms with Gasteiger partial charge in [0.15, 0.2) is 5.82 Å². The summed E-state index contributed by atoms with van der Waals surface area (Å²) in [6.07, 6.45) is 2.30. The van der Waals surface area contributed by atoms with Crippen LogP contribution < -0.4 is 0 Å². The molecule has 3 aliphatic heterocycles. The van der Waals surface area contributed by atoms with Crippen molar-refractivity contribution < 1.29 is 23.5 Å². The average Bonchev–Trinajstić information content (AvgIpc) is 3.30. The predicted octanol–water partition coefficient (Wildman–Crippen LogP) is 0.839. The molecule has 144 valence electrons. The first-order valence-electron chi connectivity index (χ1n) is 9.45. The van der Waals surface area contributed by atoms with Crippen LogP contribution in [-0.2, 0) is 25.4 Å². The van der Waals surface area contributed by atoms with Crippen LogP contribution >= 0.6 is 0 Å². The predicted molar refractivity (Wildman–Crippen MR) is 90.4 cm³/mol. The Bertz CT molecular complexity index is 630. The van der Waals surface area contributed by atoms with E-state index in [0.717, 1.165) is 32.7 Å². The molecule has 1 aromatic rings. The molecule has 4 rings (SSSR count). The normalized spacial score (nSPS) is 29.3. The quantitative estimate of drug-likeness (QED) is 0.738. The van der Waals surface area contributed by atoms with E-state index in [-0.39, 0.29) is 17.7 Å². The molecule has 1 aromatic heterocycles. The molecule has 8 nitrogen and oxygen atoms in total. The van der Waals surface area contributed by atoms with Crippen molar-refractivity contribution >= 4 is 5.91 Å². The summed E-state index contributed by atoms with van der Waals surface area (Å²) in [6, 6.07) is 0. The fourth-order valence-electron chi connectivity index (χ4n) is 4.22. The van der Waals surface area contributed by atoms with Gasteiger partial charge in [-0.1, -0.05) is 5.16 Å². The van der Waals surface area contributed by atoms with E-state index in [1.54, 1.807) is 6.92 Å². The lowest BCUT2D eigenvalue weighted by Gasteiger charge is -2.29. The Morgan fingerprint density at radius 3 is 2.96 bits per heavy atom. The maximum Gasteiger partial charge on any atom is 0.236 e. The van der Waals surface area contributed by atoms with Gasteiger partial charge in [0.25, 0.3) is 0 Å². The third-order valence-electron chi connectivity index (χ3n) is 5.83. The van der Waals surface area contributed by atoms with Crippen LogP contribution in [0, 0.1) is 24.2 Å². The van der Waals surface area contributed by atoms with E-state index in [9.17, 15) is 4.79 Å². The van der Waals surface area contributed by atoms with Gasteiger partial charge in [-0.25, -0.2) is 0 Å². The molecule has 0 N–H and O–H groups in total. The van der Waals surface area contributed by atoms with Gasteiger partial charge in [-0.2, -0.15) is 4.98 Å². The molecule has 0 aromatic carbocycles. The Kier molecular flexibility index (Phi) is 5.24. The fraction of sp³-hybridized carbons (Fsp3) is 0.833. The molecule has 3 aliphatic rings. The highest BCUT2D eigenvalue weighted by Crippen LogP contribution is 2.41. The summed E-state index contributed by atoms with van der Waals surface area (Å²) >= 11 is 0. The van der Waals surface area contributed by atoms with Crippen molar-refractivity contribution in [3.63, 3.8) is 0 Å². The Morgan fingerprint density at radius 1 is 1.35 bits per heavy atom. The van der Waals surface area contributed by atoms with Crippen molar-refractivity contribution in [2.24, 2.45) is 17.3 Å². The number of hydrogen-bond acceptors (Lipinski definition) is 7. The smallest absolute Gasteiger partial charge is 0.236 e. The Morgan fingerprint density at radius 2 is 2.19 bits per heavy atom. The highest BCUT2D eigenvalue weighted by atomic mass is 16.5. The third kappa shape index (κ3) is 3.77. The molecule has 0 radical (unpaired) electrons. The number of aromatic nitrogens is 2. The molecule has 0 spiro atoms. The van der Waals surface area contributed by atoms with Crippen molar-refractivity contribution in [2.75, 3.05) is 52.7 Å². The molecule has 2 atom stereocenters. The van der Waals surface area contributed by atoms with Crippen LogP contribution in [0.25, 0.3) is 0 Å². The van der Waals surface area contributed by atoms with E-state index < -0.39 is 0 Å². The second-order valence-corrected chi connectivity index (χ2v) is 7.83. The van der Waals surface area contributed by atoms with Crippen molar-refractivity contribution in [1.29, 1.82) is 0 Å². The van der Waals surface area contributed by atoms with Crippen molar-refractivity contribution in [1.82, 2.24) is 15.0 Å². The second-order valence-electron chi connectivity index (χ2n) is 7.83. The number of amides is 1. The third-order valence-corrected chi connectivity index (χ3v) is 5.83. The van der Waals surface area contributed by atoms with Gasteiger partial charge in [0, 0.05) is 44.2 Å². The Labute approximate surface area is 153 Å². The van der Waals surface area contributed by atoms with Crippen molar-refractivity contribution in [2.45, 2.75) is 26.2 Å². The summed E-state index contributed by atoms with van der Waals surface area (Å²) in [5, 5.41) is 3.75. The first-order chi connectivity index (χ1) is 12.6. The molecular formula is C18H27N3O5. The monoisotopic (exact) mass is 365 g/mol. The average molecular weight is 365 g/mol. The SMILES string of the molecule is Cc1noc(CC(=O)N2C[C@@H]3COC[C@]3(COCC3CCOCC3)C2)n1. The highest BCUT2D eigenvalue weighted by molar-refractivity contribution is 5.78. The molecule has 0 bridgehead atoms. The van der Waals surface area contributed by atoms with E-state index in [1.807, 2.05) is 4.90 Å². The van der Waals surface area contributed by atoms with Gasteiger partial charge in [-0.05, 0) is 25.7 Å². The number of fused-ring (bicyclic) bond motifs is 1. The first kappa shape index (κ1) is 17.9. The molecule has 4 heterocycles. The summed E-state index contributed by atoms with van der Waals surface area (Å²) in [5.74, 6) is 1.89. The highest BCUT2D eigenvalue weighted by Gasteiger charge is 2.52. The summed E-state index contributed by atoms with van der Waals surface area (Å²) in [5.41, 5.74) is -0.0778. The van der Waals surface area contributed by atoms with Gasteiger partial charge in [-0.3, -0.25) is 4.79 Å². The van der Waals surface area contributed by atoms with Crippen LogP contribution in [0.15, 0.2) is 4.52 Å². The zero-order chi connectivity index (χ0) is 18.0. The molecule has 8 heteroatoms. The lowest BCUT2D eigenvalue weighted by Crippen LogP contribution is -2.38. The second kappa shape index (κ2) is 7.62. The standard InChI is InChI=1S/C18H27N3O5/c1-13-19-16(26-20-13)6-17(22)21-7-15-9-25-12-18(15,10-21)11-24-8-14-2-4-23-5-3-14/h14-15H,2-12H2,1H3/t15-,18-/m1/s1. The minimum absolute atomic E-state index is 0.0341. The number of carbonyl (C=O) groups excluding carboxylic acids is 1. The maximum absolute atomic E-state index is 12.6. The van der Waals surface area contributed by atoms with Crippen LogP contribution in [0.2, 0.25) is 0 Å². The van der Waals surface area contributed by atoms with Crippen molar-refractivity contribution in [3.8, 4) is 0 Å².